The van der Waals surface area contributed by atoms with Gasteiger partial charge in [-0.3, -0.25) is 0 Å². The molecule has 12 heavy (non-hydrogen) atoms. The molecular weight excluding hydrogens is 302 g/mol. The Kier molecular flexibility index (Phi) is 2.23. The van der Waals surface area contributed by atoms with Gasteiger partial charge in [0.2, 0.25) is 0 Å². The molecule has 0 aromatic heterocycles. The van der Waals surface area contributed by atoms with Crippen molar-refractivity contribution in [3.8, 4) is 0 Å². The van der Waals surface area contributed by atoms with Crippen LogP contribution in [0.2, 0.25) is 0 Å². The van der Waals surface area contributed by atoms with Crippen LogP contribution in [0.15, 0.2) is 32.6 Å². The Morgan fingerprint density at radius 3 is 2.75 bits per heavy atom. The molecule has 0 N–H and O–H groups in total. The Morgan fingerprint density at radius 1 is 1.33 bits per heavy atom. The SMILES string of the molecule is C=S1C(Br)=Nc2c(Br)cccc21. The quantitative estimate of drug-likeness (QED) is 0.645. The smallest absolute Gasteiger partial charge is 0.138 e. The number of nitrogens with zero attached hydrogens (tertiary/aromatic N) is 1. The van der Waals surface area contributed by atoms with Gasteiger partial charge in [0.05, 0.1) is 5.69 Å². The highest BCUT2D eigenvalue weighted by Crippen LogP contribution is 2.47. The van der Waals surface area contributed by atoms with E-state index in [0.717, 1.165) is 14.1 Å². The molecular formula is C8H5Br2NS. The largest absolute Gasteiger partial charge is 0.232 e. The van der Waals surface area contributed by atoms with E-state index in [2.05, 4.69) is 48.8 Å². The molecule has 0 radical (unpaired) electrons. The van der Waals surface area contributed by atoms with Crippen molar-refractivity contribution in [1.29, 1.82) is 0 Å². The van der Waals surface area contributed by atoms with E-state index in [9.17, 15) is 0 Å². The number of hydrogen-bond acceptors (Lipinski definition) is 1. The van der Waals surface area contributed by atoms with E-state index >= 15 is 0 Å². The third-order valence-corrected chi connectivity index (χ3v) is 4.97. The van der Waals surface area contributed by atoms with Crippen molar-refractivity contribution >= 4 is 57.9 Å². The number of benzene rings is 1. The monoisotopic (exact) mass is 305 g/mol. The minimum Gasteiger partial charge on any atom is -0.232 e. The predicted octanol–water partition coefficient (Wildman–Crippen LogP) is 3.90. The maximum atomic E-state index is 4.37. The first-order valence-electron chi connectivity index (χ1n) is 3.27. The third kappa shape index (κ3) is 1.22. The lowest BCUT2D eigenvalue weighted by molar-refractivity contribution is 1.38. The Labute approximate surface area is 90.1 Å². The first kappa shape index (κ1) is 8.66. The maximum absolute atomic E-state index is 4.37. The molecule has 0 saturated heterocycles. The van der Waals surface area contributed by atoms with E-state index in [-0.39, 0.29) is 10.5 Å². The Balaban J connectivity index is 2.72. The van der Waals surface area contributed by atoms with Gasteiger partial charge in [0.1, 0.15) is 3.95 Å². The van der Waals surface area contributed by atoms with Crippen LogP contribution < -0.4 is 0 Å². The van der Waals surface area contributed by atoms with E-state index in [4.69, 9.17) is 0 Å². The summed E-state index contributed by atoms with van der Waals surface area (Å²) in [5.74, 6) is 4.03. The van der Waals surface area contributed by atoms with Crippen molar-refractivity contribution < 1.29 is 0 Å². The average Bonchev–Trinajstić information content (AvgIpc) is 2.32. The van der Waals surface area contributed by atoms with E-state index in [0.29, 0.717) is 0 Å². The fourth-order valence-electron chi connectivity index (χ4n) is 1.04. The molecule has 1 aromatic carbocycles. The number of aliphatic imine (C=N–C) groups is 1. The minimum atomic E-state index is -0.116. The maximum Gasteiger partial charge on any atom is 0.138 e. The van der Waals surface area contributed by atoms with Crippen LogP contribution in [0.25, 0.3) is 0 Å². The highest BCUT2D eigenvalue weighted by molar-refractivity contribution is 9.22. The van der Waals surface area contributed by atoms with Gasteiger partial charge in [0, 0.05) is 9.37 Å². The number of rotatable bonds is 0. The summed E-state index contributed by atoms with van der Waals surface area (Å²) in [5.41, 5.74) is 1.02. The van der Waals surface area contributed by atoms with Crippen molar-refractivity contribution in [3.05, 3.63) is 22.7 Å². The van der Waals surface area contributed by atoms with Crippen molar-refractivity contribution in [2.75, 3.05) is 0 Å². The van der Waals surface area contributed by atoms with Gasteiger partial charge in [-0.2, -0.15) is 0 Å². The van der Waals surface area contributed by atoms with Crippen LogP contribution in [0.4, 0.5) is 5.69 Å². The third-order valence-electron chi connectivity index (χ3n) is 1.62. The second kappa shape index (κ2) is 3.09. The lowest BCUT2D eigenvalue weighted by atomic mass is 10.3. The van der Waals surface area contributed by atoms with Gasteiger partial charge in [0.15, 0.2) is 0 Å². The van der Waals surface area contributed by atoms with Crippen LogP contribution in [0.5, 0.6) is 0 Å². The molecule has 0 amide bonds. The van der Waals surface area contributed by atoms with Crippen LogP contribution in [0, 0.1) is 0 Å². The van der Waals surface area contributed by atoms with Crippen molar-refractivity contribution in [3.63, 3.8) is 0 Å². The fraction of sp³-hybridized carbons (Fsp3) is 0. The first-order chi connectivity index (χ1) is 5.70. The molecule has 2 rings (SSSR count). The molecule has 1 atom stereocenters. The van der Waals surface area contributed by atoms with Crippen molar-refractivity contribution in [1.82, 2.24) is 0 Å². The Morgan fingerprint density at radius 2 is 2.08 bits per heavy atom. The summed E-state index contributed by atoms with van der Waals surface area (Å²) in [4.78, 5) is 5.57. The van der Waals surface area contributed by atoms with Gasteiger partial charge in [0.25, 0.3) is 0 Å². The van der Waals surface area contributed by atoms with Gasteiger partial charge < -0.3 is 0 Å². The van der Waals surface area contributed by atoms with E-state index in [1.54, 1.807) is 0 Å². The van der Waals surface area contributed by atoms with E-state index in [1.807, 2.05) is 12.1 Å². The lowest BCUT2D eigenvalue weighted by Gasteiger charge is -1.99. The van der Waals surface area contributed by atoms with Gasteiger partial charge in [-0.1, -0.05) is 11.9 Å². The zero-order chi connectivity index (χ0) is 8.72. The fourth-order valence-corrected chi connectivity index (χ4v) is 3.34. The van der Waals surface area contributed by atoms with Gasteiger partial charge in [-0.05, 0) is 44.0 Å². The predicted molar refractivity (Wildman–Crippen MR) is 63.1 cm³/mol. The highest BCUT2D eigenvalue weighted by atomic mass is 79.9. The van der Waals surface area contributed by atoms with Gasteiger partial charge in [-0.15, -0.1) is 10.5 Å². The highest BCUT2D eigenvalue weighted by Gasteiger charge is 2.17. The number of hydrogen-bond donors (Lipinski definition) is 0. The normalized spacial score (nSPS) is 20.5. The summed E-state index contributed by atoms with van der Waals surface area (Å²) in [6, 6.07) is 6.06. The second-order valence-corrected chi connectivity index (χ2v) is 6.08. The molecule has 1 aliphatic heterocycles. The van der Waals surface area contributed by atoms with Gasteiger partial charge in [-0.25, -0.2) is 4.99 Å². The van der Waals surface area contributed by atoms with E-state index < -0.39 is 0 Å². The van der Waals surface area contributed by atoms with Crippen molar-refractivity contribution in [2.24, 2.45) is 4.99 Å². The molecule has 1 heterocycles. The zero-order valence-electron chi connectivity index (χ0n) is 6.05. The molecule has 0 bridgehead atoms. The van der Waals surface area contributed by atoms with Crippen LogP contribution >= 0.6 is 42.3 Å². The van der Waals surface area contributed by atoms with Crippen LogP contribution in [0.3, 0.4) is 0 Å². The first-order valence-corrected chi connectivity index (χ1v) is 6.25. The van der Waals surface area contributed by atoms with Crippen LogP contribution in [-0.2, 0) is 0 Å². The number of halogens is 2. The Hall–Kier alpha value is 0.0700. The van der Waals surface area contributed by atoms with Crippen LogP contribution in [0.1, 0.15) is 0 Å². The molecule has 1 unspecified atom stereocenters. The molecule has 62 valence electrons. The topological polar surface area (TPSA) is 12.4 Å². The minimum absolute atomic E-state index is 0.116. The van der Waals surface area contributed by atoms with E-state index in [1.165, 1.54) is 4.90 Å². The summed E-state index contributed by atoms with van der Waals surface area (Å²) in [6.07, 6.45) is 0. The van der Waals surface area contributed by atoms with Gasteiger partial charge >= 0.3 is 0 Å². The molecule has 0 aliphatic carbocycles. The summed E-state index contributed by atoms with van der Waals surface area (Å²) in [7, 11) is -0.116. The lowest BCUT2D eigenvalue weighted by Crippen LogP contribution is -1.72. The molecule has 1 aliphatic rings. The average molecular weight is 307 g/mol. The molecule has 1 nitrogen and oxygen atoms in total. The summed E-state index contributed by atoms with van der Waals surface area (Å²) in [5, 5.41) is 0. The standard InChI is InChI=1S/C8H5Br2NS/c1-12-6-4-2-3-5(9)7(6)11-8(12)10/h2-4H,1H2. The number of fused-ring (bicyclic) bond motifs is 1. The summed E-state index contributed by atoms with van der Waals surface area (Å²) in [6.45, 7) is 0. The van der Waals surface area contributed by atoms with Crippen LogP contribution in [-0.4, -0.2) is 9.82 Å². The zero-order valence-corrected chi connectivity index (χ0v) is 10.0. The molecule has 0 saturated carbocycles. The summed E-state index contributed by atoms with van der Waals surface area (Å²) < 4.78 is 1.97. The van der Waals surface area contributed by atoms with Crippen molar-refractivity contribution in [2.45, 2.75) is 4.90 Å². The second-order valence-electron chi connectivity index (χ2n) is 2.34. The molecule has 1 aromatic rings. The Bertz CT molecular complexity index is 398. The molecule has 4 heteroatoms. The molecule has 0 fully saturated rings. The summed E-state index contributed by atoms with van der Waals surface area (Å²) >= 11 is 6.85. The molecule has 0 spiro atoms. The number of para-hydroxylation sites is 1.